The van der Waals surface area contributed by atoms with E-state index < -0.39 is 6.04 Å². The molecule has 1 aliphatic heterocycles. The number of aryl methyl sites for hydroxylation is 1. The molecule has 0 saturated carbocycles. The topological polar surface area (TPSA) is 98.2 Å². The van der Waals surface area contributed by atoms with Crippen LogP contribution in [-0.2, 0) is 4.74 Å². The largest absolute Gasteiger partial charge is 0.497 e. The molecular weight excluding hydrogens is 444 g/mol. The summed E-state index contributed by atoms with van der Waals surface area (Å²) >= 11 is 6.29. The molecule has 2 atom stereocenters. The van der Waals surface area contributed by atoms with E-state index in [1.165, 1.54) is 4.80 Å². The van der Waals surface area contributed by atoms with Crippen molar-refractivity contribution in [2.24, 2.45) is 0 Å². The highest BCUT2D eigenvalue weighted by Crippen LogP contribution is 2.32. The Bertz CT molecular complexity index is 1320. The number of fused-ring (bicyclic) bond motifs is 1. The number of hydrogen-bond donors (Lipinski definition) is 1. The van der Waals surface area contributed by atoms with Crippen LogP contribution in [0.1, 0.15) is 34.7 Å². The highest BCUT2D eigenvalue weighted by Gasteiger charge is 2.35. The molecule has 0 aliphatic carbocycles. The molecule has 4 aromatic rings. The number of aromatic nitrogens is 5. The fourth-order valence-corrected chi connectivity index (χ4v) is 4.25. The van der Waals surface area contributed by atoms with Gasteiger partial charge in [-0.1, -0.05) is 11.6 Å². The first-order chi connectivity index (χ1) is 16.0. The van der Waals surface area contributed by atoms with E-state index in [0.29, 0.717) is 41.0 Å². The van der Waals surface area contributed by atoms with Crippen LogP contribution in [0.15, 0.2) is 42.7 Å². The summed E-state index contributed by atoms with van der Waals surface area (Å²) in [7, 11) is 1.57. The van der Waals surface area contributed by atoms with E-state index in [9.17, 15) is 4.79 Å². The van der Waals surface area contributed by atoms with Crippen molar-refractivity contribution in [2.45, 2.75) is 26.0 Å². The first-order valence-electron chi connectivity index (χ1n) is 10.6. The van der Waals surface area contributed by atoms with Crippen molar-refractivity contribution in [1.29, 1.82) is 0 Å². The number of morpholine rings is 1. The lowest BCUT2D eigenvalue weighted by Gasteiger charge is -2.38. The van der Waals surface area contributed by atoms with Crippen LogP contribution in [0.4, 0.5) is 0 Å². The van der Waals surface area contributed by atoms with E-state index in [1.807, 2.05) is 26.0 Å². The number of imidazole rings is 1. The maximum Gasteiger partial charge on any atom is 0.257 e. The second kappa shape index (κ2) is 8.49. The Labute approximate surface area is 195 Å². The summed E-state index contributed by atoms with van der Waals surface area (Å²) < 4.78 is 11.3. The van der Waals surface area contributed by atoms with Crippen LogP contribution in [0, 0.1) is 6.92 Å². The molecular formula is C23H23ClN6O3. The van der Waals surface area contributed by atoms with Crippen LogP contribution >= 0.6 is 11.6 Å². The lowest BCUT2D eigenvalue weighted by molar-refractivity contribution is -0.0467. The predicted molar refractivity (Wildman–Crippen MR) is 123 cm³/mol. The number of aromatic amines is 1. The number of carbonyl (C=O) groups is 1. The highest BCUT2D eigenvalue weighted by molar-refractivity contribution is 6.32. The third-order valence-electron chi connectivity index (χ3n) is 5.87. The molecule has 1 aliphatic rings. The Morgan fingerprint density at radius 2 is 2.03 bits per heavy atom. The van der Waals surface area contributed by atoms with Gasteiger partial charge in [0.15, 0.2) is 0 Å². The van der Waals surface area contributed by atoms with Crippen molar-refractivity contribution in [3.8, 4) is 11.4 Å². The average molecular weight is 467 g/mol. The Kier molecular flexibility index (Phi) is 5.51. The number of nitrogens with zero attached hydrogens (tertiary/aromatic N) is 5. The molecule has 2 aromatic carbocycles. The minimum atomic E-state index is -0.399. The van der Waals surface area contributed by atoms with Gasteiger partial charge in [-0.2, -0.15) is 15.0 Å². The lowest BCUT2D eigenvalue weighted by atomic mass is 10.1. The molecule has 10 heteroatoms. The molecule has 0 unspecified atom stereocenters. The molecule has 1 fully saturated rings. The summed E-state index contributed by atoms with van der Waals surface area (Å²) in [6, 6.07) is 8.59. The molecule has 0 radical (unpaired) electrons. The lowest BCUT2D eigenvalue weighted by Crippen LogP contribution is -2.47. The standard InChI is InChI=1S/C23H23ClN6O3/c1-13-11-29(20(12-33-13)22-27-18-6-5-17(24)14(2)21(18)28-22)23(31)16-10-15(32-3)4-7-19(16)30-25-8-9-26-30/h4-10,13,20H,11-12H2,1-3H3,(H,27,28)/t13-,20-/m1/s1. The van der Waals surface area contributed by atoms with Gasteiger partial charge < -0.3 is 19.4 Å². The van der Waals surface area contributed by atoms with Crippen molar-refractivity contribution in [2.75, 3.05) is 20.3 Å². The number of methoxy groups -OCH3 is 1. The van der Waals surface area contributed by atoms with Gasteiger partial charge in [0, 0.05) is 11.6 Å². The Hall–Kier alpha value is -3.43. The van der Waals surface area contributed by atoms with E-state index in [2.05, 4.69) is 15.2 Å². The van der Waals surface area contributed by atoms with Crippen LogP contribution in [0.5, 0.6) is 5.75 Å². The molecule has 5 rings (SSSR count). The summed E-state index contributed by atoms with van der Waals surface area (Å²) in [5.74, 6) is 1.04. The normalized spacial score (nSPS) is 18.6. The first kappa shape index (κ1) is 21.4. The van der Waals surface area contributed by atoms with Crippen molar-refractivity contribution in [3.05, 3.63) is 64.7 Å². The number of amides is 1. The zero-order valence-electron chi connectivity index (χ0n) is 18.4. The van der Waals surface area contributed by atoms with Gasteiger partial charge in [0.2, 0.25) is 0 Å². The molecule has 3 heterocycles. The fraction of sp³-hybridized carbons (Fsp3) is 0.304. The highest BCUT2D eigenvalue weighted by atomic mass is 35.5. The molecule has 1 amide bonds. The molecule has 0 spiro atoms. The van der Waals surface area contributed by atoms with Gasteiger partial charge in [0.25, 0.3) is 5.91 Å². The predicted octanol–water partition coefficient (Wildman–Crippen LogP) is 3.72. The number of rotatable bonds is 4. The average Bonchev–Trinajstić information content (AvgIpc) is 3.51. The summed E-state index contributed by atoms with van der Waals surface area (Å²) in [6.07, 6.45) is 3.02. The number of hydrogen-bond acceptors (Lipinski definition) is 6. The van der Waals surface area contributed by atoms with Crippen molar-refractivity contribution in [3.63, 3.8) is 0 Å². The van der Waals surface area contributed by atoms with Crippen LogP contribution in [0.2, 0.25) is 5.02 Å². The number of carbonyl (C=O) groups excluding carboxylic acids is 1. The van der Waals surface area contributed by atoms with Gasteiger partial charge in [-0.15, -0.1) is 0 Å². The molecule has 1 N–H and O–H groups in total. The van der Waals surface area contributed by atoms with Gasteiger partial charge in [0.05, 0.1) is 54.5 Å². The smallest absolute Gasteiger partial charge is 0.257 e. The van der Waals surface area contributed by atoms with E-state index in [-0.39, 0.29) is 12.0 Å². The second-order valence-corrected chi connectivity index (χ2v) is 8.42. The third kappa shape index (κ3) is 3.83. The zero-order chi connectivity index (χ0) is 23.1. The molecule has 170 valence electrons. The summed E-state index contributed by atoms with van der Waals surface area (Å²) in [6.45, 7) is 4.60. The van der Waals surface area contributed by atoms with Gasteiger partial charge in [-0.25, -0.2) is 4.98 Å². The van der Waals surface area contributed by atoms with Crippen LogP contribution in [0.3, 0.4) is 0 Å². The fourth-order valence-electron chi connectivity index (χ4n) is 4.10. The van der Waals surface area contributed by atoms with Crippen LogP contribution in [0.25, 0.3) is 16.7 Å². The Balaban J connectivity index is 1.58. The number of halogens is 1. The third-order valence-corrected chi connectivity index (χ3v) is 6.28. The van der Waals surface area contributed by atoms with Gasteiger partial charge in [-0.05, 0) is 49.7 Å². The molecule has 0 bridgehead atoms. The van der Waals surface area contributed by atoms with E-state index in [4.69, 9.17) is 26.1 Å². The van der Waals surface area contributed by atoms with Gasteiger partial charge >= 0.3 is 0 Å². The first-order valence-corrected chi connectivity index (χ1v) is 11.0. The number of ether oxygens (including phenoxy) is 2. The van der Waals surface area contributed by atoms with E-state index in [1.54, 1.807) is 42.6 Å². The monoisotopic (exact) mass is 466 g/mol. The van der Waals surface area contributed by atoms with Crippen LogP contribution < -0.4 is 4.74 Å². The zero-order valence-corrected chi connectivity index (χ0v) is 19.2. The minimum absolute atomic E-state index is 0.123. The summed E-state index contributed by atoms with van der Waals surface area (Å²) in [5.41, 5.74) is 3.53. The van der Waals surface area contributed by atoms with Gasteiger partial charge in [0.1, 0.15) is 17.6 Å². The molecule has 33 heavy (non-hydrogen) atoms. The van der Waals surface area contributed by atoms with Crippen molar-refractivity contribution < 1.29 is 14.3 Å². The van der Waals surface area contributed by atoms with Crippen molar-refractivity contribution >= 4 is 28.5 Å². The minimum Gasteiger partial charge on any atom is -0.497 e. The molecule has 9 nitrogen and oxygen atoms in total. The maximum atomic E-state index is 13.9. The quantitative estimate of drug-likeness (QED) is 0.492. The second-order valence-electron chi connectivity index (χ2n) is 8.01. The number of benzene rings is 2. The van der Waals surface area contributed by atoms with Crippen molar-refractivity contribution in [1.82, 2.24) is 29.9 Å². The van der Waals surface area contributed by atoms with Gasteiger partial charge in [-0.3, -0.25) is 4.79 Å². The SMILES string of the molecule is COc1ccc(-n2nccn2)c(C(=O)N2C[C@@H](C)OC[C@@H]2c2nc3c(C)c(Cl)ccc3[nH]2)c1. The van der Waals surface area contributed by atoms with E-state index in [0.717, 1.165) is 16.6 Å². The van der Waals surface area contributed by atoms with E-state index >= 15 is 0 Å². The molecule has 2 aromatic heterocycles. The Morgan fingerprint density at radius 3 is 2.79 bits per heavy atom. The molecule has 1 saturated heterocycles. The Morgan fingerprint density at radius 1 is 1.24 bits per heavy atom. The maximum absolute atomic E-state index is 13.9. The summed E-state index contributed by atoms with van der Waals surface area (Å²) in [5, 5.41) is 9.06. The summed E-state index contributed by atoms with van der Waals surface area (Å²) in [4.78, 5) is 25.3. The van der Waals surface area contributed by atoms with Crippen LogP contribution in [-0.4, -0.2) is 62.1 Å². The number of H-pyrrole nitrogens is 1. The number of nitrogens with one attached hydrogen (secondary N) is 1.